The molecule has 0 radical (unpaired) electrons. The number of anilines is 2. The lowest BCUT2D eigenvalue weighted by Gasteiger charge is -2.27. The molecule has 0 aliphatic heterocycles. The van der Waals surface area contributed by atoms with Crippen LogP contribution in [0, 0.1) is 0 Å². The van der Waals surface area contributed by atoms with Crippen molar-refractivity contribution >= 4 is 28.3 Å². The first-order chi connectivity index (χ1) is 17.9. The molecule has 37 heavy (non-hydrogen) atoms. The summed E-state index contributed by atoms with van der Waals surface area (Å²) in [5.41, 5.74) is 5.18. The normalized spacial score (nSPS) is 11.1. The average molecular weight is 503 g/mol. The number of benzene rings is 2. The SMILES string of the molecule is CNC(=O)Cn1ccc(-c2cnc3ccc(N(CCNC(C)C)c4cc(OC)cc(OC)c4)cc3n2)c1. The van der Waals surface area contributed by atoms with E-state index in [0.717, 1.165) is 58.3 Å². The van der Waals surface area contributed by atoms with Crippen molar-refractivity contribution in [3.8, 4) is 22.8 Å². The van der Waals surface area contributed by atoms with Crippen LogP contribution in [0.5, 0.6) is 11.5 Å². The van der Waals surface area contributed by atoms with Crippen molar-refractivity contribution < 1.29 is 14.3 Å². The van der Waals surface area contributed by atoms with Gasteiger partial charge in [0, 0.05) is 73.7 Å². The van der Waals surface area contributed by atoms with Gasteiger partial charge >= 0.3 is 0 Å². The van der Waals surface area contributed by atoms with Gasteiger partial charge in [-0.3, -0.25) is 9.78 Å². The number of nitrogens with zero attached hydrogens (tertiary/aromatic N) is 4. The minimum Gasteiger partial charge on any atom is -0.497 e. The third-order valence-corrected chi connectivity index (χ3v) is 6.02. The van der Waals surface area contributed by atoms with Gasteiger partial charge in [-0.1, -0.05) is 13.8 Å². The number of hydrogen-bond acceptors (Lipinski definition) is 7. The molecule has 4 rings (SSSR count). The monoisotopic (exact) mass is 502 g/mol. The van der Waals surface area contributed by atoms with E-state index in [9.17, 15) is 4.79 Å². The Morgan fingerprint density at radius 1 is 1.03 bits per heavy atom. The molecule has 2 N–H and O–H groups in total. The van der Waals surface area contributed by atoms with Crippen LogP contribution < -0.4 is 25.0 Å². The first-order valence-corrected chi connectivity index (χ1v) is 12.3. The zero-order valence-electron chi connectivity index (χ0n) is 22.0. The molecule has 0 saturated carbocycles. The standard InChI is InChI=1S/C28H34N6O3/c1-19(2)30-9-11-34(22-12-23(36-4)15-24(13-22)37-5)21-6-7-25-26(14-21)32-27(16-31-25)20-8-10-33(17-20)18-28(35)29-3/h6-8,10,12-17,19,30H,9,11,18H2,1-5H3,(H,29,35). The van der Waals surface area contributed by atoms with Gasteiger partial charge in [0.1, 0.15) is 18.0 Å². The van der Waals surface area contributed by atoms with E-state index in [1.807, 2.05) is 47.3 Å². The third-order valence-electron chi connectivity index (χ3n) is 6.02. The fourth-order valence-corrected chi connectivity index (χ4v) is 4.06. The van der Waals surface area contributed by atoms with E-state index in [-0.39, 0.29) is 12.5 Å². The van der Waals surface area contributed by atoms with Gasteiger partial charge in [-0.05, 0) is 24.3 Å². The van der Waals surface area contributed by atoms with Gasteiger partial charge in [-0.25, -0.2) is 4.98 Å². The Balaban J connectivity index is 1.70. The van der Waals surface area contributed by atoms with Crippen molar-refractivity contribution in [3.63, 3.8) is 0 Å². The molecule has 9 nitrogen and oxygen atoms in total. The molecule has 0 bridgehead atoms. The second-order valence-corrected chi connectivity index (χ2v) is 9.01. The Labute approximate surface area is 217 Å². The maximum Gasteiger partial charge on any atom is 0.239 e. The summed E-state index contributed by atoms with van der Waals surface area (Å²) < 4.78 is 12.9. The summed E-state index contributed by atoms with van der Waals surface area (Å²) in [6.45, 7) is 6.04. The fourth-order valence-electron chi connectivity index (χ4n) is 4.06. The first-order valence-electron chi connectivity index (χ1n) is 12.3. The second kappa shape index (κ2) is 11.7. The van der Waals surface area contributed by atoms with Crippen molar-refractivity contribution in [2.45, 2.75) is 26.4 Å². The van der Waals surface area contributed by atoms with Crippen LogP contribution >= 0.6 is 0 Å². The van der Waals surface area contributed by atoms with Crippen LogP contribution in [0.25, 0.3) is 22.3 Å². The second-order valence-electron chi connectivity index (χ2n) is 9.01. The predicted octanol–water partition coefficient (Wildman–Crippen LogP) is 4.00. The zero-order valence-corrected chi connectivity index (χ0v) is 22.0. The minimum atomic E-state index is -0.0578. The molecular formula is C28H34N6O3. The van der Waals surface area contributed by atoms with Crippen molar-refractivity contribution in [2.24, 2.45) is 0 Å². The van der Waals surface area contributed by atoms with Gasteiger partial charge in [-0.15, -0.1) is 0 Å². The Morgan fingerprint density at radius 3 is 2.46 bits per heavy atom. The fraction of sp³-hybridized carbons (Fsp3) is 0.321. The van der Waals surface area contributed by atoms with E-state index in [4.69, 9.17) is 14.5 Å². The Morgan fingerprint density at radius 2 is 1.78 bits per heavy atom. The van der Waals surface area contributed by atoms with Crippen LogP contribution in [-0.2, 0) is 11.3 Å². The van der Waals surface area contributed by atoms with Gasteiger partial charge < -0.3 is 29.6 Å². The van der Waals surface area contributed by atoms with E-state index in [1.165, 1.54) is 0 Å². The van der Waals surface area contributed by atoms with E-state index in [0.29, 0.717) is 6.04 Å². The first kappa shape index (κ1) is 26.0. The zero-order chi connectivity index (χ0) is 26.4. The van der Waals surface area contributed by atoms with Gasteiger partial charge in [0.25, 0.3) is 0 Å². The number of aromatic nitrogens is 3. The number of likely N-dealkylation sites (N-methyl/N-ethyl adjacent to an activating group) is 1. The number of carbonyl (C=O) groups is 1. The molecule has 0 spiro atoms. The average Bonchev–Trinajstić information content (AvgIpc) is 3.38. The summed E-state index contributed by atoms with van der Waals surface area (Å²) >= 11 is 0. The van der Waals surface area contributed by atoms with Crippen molar-refractivity contribution in [1.82, 2.24) is 25.2 Å². The molecule has 2 aromatic heterocycles. The third kappa shape index (κ3) is 6.37. The summed E-state index contributed by atoms with van der Waals surface area (Å²) in [4.78, 5) is 23.5. The summed E-state index contributed by atoms with van der Waals surface area (Å²) in [5, 5.41) is 6.14. The van der Waals surface area contributed by atoms with Crippen LogP contribution in [-0.4, -0.2) is 60.8 Å². The van der Waals surface area contributed by atoms with E-state index < -0.39 is 0 Å². The molecule has 0 atom stereocenters. The number of hydrogen-bond donors (Lipinski definition) is 2. The number of amides is 1. The Hall–Kier alpha value is -4.11. The summed E-state index contributed by atoms with van der Waals surface area (Å²) in [7, 11) is 4.93. The molecule has 2 heterocycles. The Bertz CT molecular complexity index is 1350. The number of nitrogens with one attached hydrogen (secondary N) is 2. The lowest BCUT2D eigenvalue weighted by atomic mass is 10.2. The topological polar surface area (TPSA) is 93.5 Å². The lowest BCUT2D eigenvalue weighted by Crippen LogP contribution is -2.32. The number of carbonyl (C=O) groups excluding carboxylic acids is 1. The molecule has 0 unspecified atom stereocenters. The predicted molar refractivity (Wildman–Crippen MR) is 147 cm³/mol. The van der Waals surface area contributed by atoms with Crippen LogP contribution in [0.3, 0.4) is 0 Å². The molecule has 0 aliphatic rings. The largest absolute Gasteiger partial charge is 0.497 e. The van der Waals surface area contributed by atoms with Gasteiger partial charge in [0.15, 0.2) is 0 Å². The maximum absolute atomic E-state index is 11.7. The highest BCUT2D eigenvalue weighted by Crippen LogP contribution is 2.34. The van der Waals surface area contributed by atoms with Crippen LogP contribution in [0.2, 0.25) is 0 Å². The number of fused-ring (bicyclic) bond motifs is 1. The van der Waals surface area contributed by atoms with Crippen LogP contribution in [0.4, 0.5) is 11.4 Å². The summed E-state index contributed by atoms with van der Waals surface area (Å²) in [6, 6.07) is 14.3. The van der Waals surface area contributed by atoms with Gasteiger partial charge in [-0.2, -0.15) is 0 Å². The summed E-state index contributed by atoms with van der Waals surface area (Å²) in [6.07, 6.45) is 5.53. The molecule has 0 aliphatic carbocycles. The number of methoxy groups -OCH3 is 2. The number of rotatable bonds is 11. The van der Waals surface area contributed by atoms with Crippen molar-refractivity contribution in [3.05, 3.63) is 61.1 Å². The smallest absolute Gasteiger partial charge is 0.239 e. The summed E-state index contributed by atoms with van der Waals surface area (Å²) in [5.74, 6) is 1.39. The molecular weight excluding hydrogens is 468 g/mol. The highest BCUT2D eigenvalue weighted by atomic mass is 16.5. The van der Waals surface area contributed by atoms with E-state index in [2.05, 4.69) is 46.5 Å². The minimum absolute atomic E-state index is 0.0578. The molecule has 9 heteroatoms. The van der Waals surface area contributed by atoms with E-state index >= 15 is 0 Å². The van der Waals surface area contributed by atoms with Crippen LogP contribution in [0.1, 0.15) is 13.8 Å². The molecule has 2 aromatic carbocycles. The van der Waals surface area contributed by atoms with Gasteiger partial charge in [0.05, 0.1) is 37.1 Å². The highest BCUT2D eigenvalue weighted by Gasteiger charge is 2.15. The molecule has 194 valence electrons. The molecule has 4 aromatic rings. The van der Waals surface area contributed by atoms with E-state index in [1.54, 1.807) is 27.5 Å². The highest BCUT2D eigenvalue weighted by molar-refractivity contribution is 5.83. The Kier molecular flexibility index (Phi) is 8.25. The van der Waals surface area contributed by atoms with Crippen LogP contribution in [0.15, 0.2) is 61.1 Å². The lowest BCUT2D eigenvalue weighted by molar-refractivity contribution is -0.121. The van der Waals surface area contributed by atoms with Crippen molar-refractivity contribution in [2.75, 3.05) is 39.3 Å². The van der Waals surface area contributed by atoms with Gasteiger partial charge in [0.2, 0.25) is 5.91 Å². The maximum atomic E-state index is 11.7. The van der Waals surface area contributed by atoms with Crippen molar-refractivity contribution in [1.29, 1.82) is 0 Å². The quantitative estimate of drug-likeness (QED) is 0.320. The molecule has 1 amide bonds. The molecule has 0 fully saturated rings. The number of ether oxygens (including phenoxy) is 2. The molecule has 0 saturated heterocycles.